The van der Waals surface area contributed by atoms with Gasteiger partial charge in [0.2, 0.25) is 0 Å². The number of furan rings is 1. The molecule has 2 heterocycles. The minimum atomic E-state index is 0.468. The van der Waals surface area contributed by atoms with Gasteiger partial charge in [-0.3, -0.25) is 4.68 Å². The number of nitrogens with zero attached hydrogens (tertiary/aromatic N) is 2. The van der Waals surface area contributed by atoms with Crippen LogP contribution in [0.1, 0.15) is 37.3 Å². The quantitative estimate of drug-likeness (QED) is 0.833. The lowest BCUT2D eigenvalue weighted by Crippen LogP contribution is -2.26. The van der Waals surface area contributed by atoms with E-state index in [1.165, 1.54) is 11.3 Å². The molecule has 19 heavy (non-hydrogen) atoms. The first-order valence-corrected chi connectivity index (χ1v) is 6.96. The Labute approximate surface area is 114 Å². The minimum Gasteiger partial charge on any atom is -0.469 e. The summed E-state index contributed by atoms with van der Waals surface area (Å²) in [5, 5.41) is 8.01. The average Bonchev–Trinajstić information content (AvgIpc) is 3.02. The maximum atomic E-state index is 5.35. The van der Waals surface area contributed by atoms with Crippen LogP contribution in [0.15, 0.2) is 29.0 Å². The standard InChI is InChI=1S/C15H23N3O/c1-4-15-13(11-18(3)17-15)10-16-12(2)7-8-14-6-5-9-19-14/h5-6,9,11-12,16H,4,7-8,10H2,1-3H3. The van der Waals surface area contributed by atoms with E-state index in [9.17, 15) is 0 Å². The van der Waals surface area contributed by atoms with Crippen molar-refractivity contribution in [1.82, 2.24) is 15.1 Å². The van der Waals surface area contributed by atoms with Gasteiger partial charge in [-0.2, -0.15) is 5.10 Å². The molecular formula is C15H23N3O. The van der Waals surface area contributed by atoms with Crippen LogP contribution in [-0.4, -0.2) is 15.8 Å². The van der Waals surface area contributed by atoms with Gasteiger partial charge in [-0.1, -0.05) is 6.92 Å². The predicted molar refractivity (Wildman–Crippen MR) is 75.9 cm³/mol. The molecular weight excluding hydrogens is 238 g/mol. The zero-order chi connectivity index (χ0) is 13.7. The molecule has 0 aliphatic rings. The summed E-state index contributed by atoms with van der Waals surface area (Å²) in [6.45, 7) is 5.24. The summed E-state index contributed by atoms with van der Waals surface area (Å²) in [4.78, 5) is 0. The van der Waals surface area contributed by atoms with E-state index in [0.717, 1.165) is 31.6 Å². The van der Waals surface area contributed by atoms with Crippen molar-refractivity contribution in [3.8, 4) is 0 Å². The molecule has 2 aromatic rings. The van der Waals surface area contributed by atoms with Crippen molar-refractivity contribution < 1.29 is 4.42 Å². The highest BCUT2D eigenvalue weighted by atomic mass is 16.3. The van der Waals surface area contributed by atoms with Crippen molar-refractivity contribution in [1.29, 1.82) is 0 Å². The summed E-state index contributed by atoms with van der Waals surface area (Å²) in [6.07, 6.45) is 6.88. The van der Waals surface area contributed by atoms with E-state index in [1.54, 1.807) is 6.26 Å². The van der Waals surface area contributed by atoms with Crippen molar-refractivity contribution in [2.75, 3.05) is 0 Å². The second kappa shape index (κ2) is 6.57. The average molecular weight is 261 g/mol. The summed E-state index contributed by atoms with van der Waals surface area (Å²) < 4.78 is 7.24. The fourth-order valence-electron chi connectivity index (χ4n) is 2.23. The van der Waals surface area contributed by atoms with E-state index in [1.807, 2.05) is 23.9 Å². The third kappa shape index (κ3) is 3.96. The highest BCUT2D eigenvalue weighted by Gasteiger charge is 2.08. The molecule has 104 valence electrons. The van der Waals surface area contributed by atoms with Gasteiger partial charge in [0, 0.05) is 37.8 Å². The van der Waals surface area contributed by atoms with Gasteiger partial charge in [0.05, 0.1) is 12.0 Å². The van der Waals surface area contributed by atoms with Gasteiger partial charge in [0.25, 0.3) is 0 Å². The van der Waals surface area contributed by atoms with Crippen LogP contribution in [0.4, 0.5) is 0 Å². The van der Waals surface area contributed by atoms with Crippen molar-refractivity contribution in [2.45, 2.75) is 45.7 Å². The lowest BCUT2D eigenvalue weighted by Gasteiger charge is -2.12. The number of aryl methyl sites for hydroxylation is 3. The molecule has 0 fully saturated rings. The molecule has 0 aromatic carbocycles. The van der Waals surface area contributed by atoms with Crippen LogP contribution in [-0.2, 0) is 26.4 Å². The Hall–Kier alpha value is -1.55. The summed E-state index contributed by atoms with van der Waals surface area (Å²) in [6, 6.07) is 4.44. The first kappa shape index (κ1) is 13.9. The Morgan fingerprint density at radius 3 is 3.00 bits per heavy atom. The van der Waals surface area contributed by atoms with Crippen LogP contribution in [0.3, 0.4) is 0 Å². The molecule has 1 atom stereocenters. The van der Waals surface area contributed by atoms with Gasteiger partial charge in [-0.25, -0.2) is 0 Å². The van der Waals surface area contributed by atoms with E-state index in [4.69, 9.17) is 4.42 Å². The Morgan fingerprint density at radius 2 is 2.32 bits per heavy atom. The fraction of sp³-hybridized carbons (Fsp3) is 0.533. The molecule has 4 nitrogen and oxygen atoms in total. The molecule has 0 amide bonds. The highest BCUT2D eigenvalue weighted by molar-refractivity contribution is 5.16. The molecule has 2 aromatic heterocycles. The smallest absolute Gasteiger partial charge is 0.103 e. The topological polar surface area (TPSA) is 43.0 Å². The van der Waals surface area contributed by atoms with Crippen molar-refractivity contribution in [2.24, 2.45) is 7.05 Å². The lowest BCUT2D eigenvalue weighted by atomic mass is 10.1. The van der Waals surface area contributed by atoms with E-state index >= 15 is 0 Å². The first-order valence-electron chi connectivity index (χ1n) is 6.96. The maximum Gasteiger partial charge on any atom is 0.103 e. The van der Waals surface area contributed by atoms with E-state index < -0.39 is 0 Å². The van der Waals surface area contributed by atoms with Crippen molar-refractivity contribution in [3.63, 3.8) is 0 Å². The normalized spacial score (nSPS) is 12.8. The minimum absolute atomic E-state index is 0.468. The third-order valence-corrected chi connectivity index (χ3v) is 3.37. The van der Waals surface area contributed by atoms with Gasteiger partial charge < -0.3 is 9.73 Å². The molecule has 1 N–H and O–H groups in total. The van der Waals surface area contributed by atoms with Crippen LogP contribution in [0.2, 0.25) is 0 Å². The Bertz CT molecular complexity index is 487. The Morgan fingerprint density at radius 1 is 1.47 bits per heavy atom. The molecule has 0 saturated carbocycles. The van der Waals surface area contributed by atoms with Gasteiger partial charge >= 0.3 is 0 Å². The van der Waals surface area contributed by atoms with E-state index in [2.05, 4.69) is 30.5 Å². The number of hydrogen-bond donors (Lipinski definition) is 1. The molecule has 0 aliphatic carbocycles. The molecule has 4 heteroatoms. The third-order valence-electron chi connectivity index (χ3n) is 3.37. The number of rotatable bonds is 7. The van der Waals surface area contributed by atoms with Crippen LogP contribution in [0.5, 0.6) is 0 Å². The molecule has 0 saturated heterocycles. The van der Waals surface area contributed by atoms with Gasteiger partial charge in [0.15, 0.2) is 0 Å². The summed E-state index contributed by atoms with van der Waals surface area (Å²) >= 11 is 0. The van der Waals surface area contributed by atoms with Gasteiger partial charge in [0.1, 0.15) is 5.76 Å². The van der Waals surface area contributed by atoms with E-state index in [-0.39, 0.29) is 0 Å². The van der Waals surface area contributed by atoms with Crippen LogP contribution in [0.25, 0.3) is 0 Å². The molecule has 1 unspecified atom stereocenters. The molecule has 0 aliphatic heterocycles. The zero-order valence-corrected chi connectivity index (χ0v) is 12.0. The lowest BCUT2D eigenvalue weighted by molar-refractivity contribution is 0.459. The fourth-order valence-corrected chi connectivity index (χ4v) is 2.23. The summed E-state index contributed by atoms with van der Waals surface area (Å²) in [7, 11) is 1.98. The summed E-state index contributed by atoms with van der Waals surface area (Å²) in [5.41, 5.74) is 2.49. The van der Waals surface area contributed by atoms with Gasteiger partial charge in [-0.05, 0) is 31.9 Å². The number of aromatic nitrogens is 2. The predicted octanol–water partition coefficient (Wildman–Crippen LogP) is 2.69. The van der Waals surface area contributed by atoms with E-state index in [0.29, 0.717) is 6.04 Å². The highest BCUT2D eigenvalue weighted by Crippen LogP contribution is 2.09. The molecule has 0 spiro atoms. The number of hydrogen-bond acceptors (Lipinski definition) is 3. The van der Waals surface area contributed by atoms with Crippen LogP contribution < -0.4 is 5.32 Å². The maximum absolute atomic E-state index is 5.35. The second-order valence-electron chi connectivity index (χ2n) is 5.03. The van der Waals surface area contributed by atoms with Crippen LogP contribution in [0, 0.1) is 0 Å². The SMILES string of the molecule is CCc1nn(C)cc1CNC(C)CCc1ccco1. The summed E-state index contributed by atoms with van der Waals surface area (Å²) in [5.74, 6) is 1.06. The first-order chi connectivity index (χ1) is 9.19. The molecule has 2 rings (SSSR count). The largest absolute Gasteiger partial charge is 0.469 e. The Balaban J connectivity index is 1.78. The number of nitrogens with one attached hydrogen (secondary N) is 1. The second-order valence-corrected chi connectivity index (χ2v) is 5.03. The molecule has 0 radical (unpaired) electrons. The monoisotopic (exact) mass is 261 g/mol. The van der Waals surface area contributed by atoms with Crippen LogP contribution >= 0.6 is 0 Å². The van der Waals surface area contributed by atoms with Crippen molar-refractivity contribution in [3.05, 3.63) is 41.6 Å². The van der Waals surface area contributed by atoms with Crippen molar-refractivity contribution >= 4 is 0 Å². The molecule has 0 bridgehead atoms. The van der Waals surface area contributed by atoms with Gasteiger partial charge in [-0.15, -0.1) is 0 Å². The Kier molecular flexibility index (Phi) is 4.80. The zero-order valence-electron chi connectivity index (χ0n) is 12.0.